The minimum Gasteiger partial charge on any atom is -0.484 e. The third-order valence-corrected chi connectivity index (χ3v) is 2.65. The van der Waals surface area contributed by atoms with E-state index < -0.39 is 0 Å². The van der Waals surface area contributed by atoms with Crippen LogP contribution in [0.15, 0.2) is 24.8 Å². The number of rotatable bonds is 5. The Morgan fingerprint density at radius 3 is 3.00 bits per heavy atom. The molecule has 0 aliphatic heterocycles. The van der Waals surface area contributed by atoms with Crippen molar-refractivity contribution in [3.05, 3.63) is 36.2 Å². The SMILES string of the molecule is CC(C)Cn1ncnc1COc1cncc(C#CCN)c1. The second-order valence-electron chi connectivity index (χ2n) is 4.96. The Balaban J connectivity index is 2.01. The molecule has 0 fully saturated rings. The number of pyridine rings is 1. The average molecular weight is 285 g/mol. The zero-order valence-corrected chi connectivity index (χ0v) is 12.3. The predicted molar refractivity (Wildman–Crippen MR) is 79.4 cm³/mol. The fraction of sp³-hybridized carbons (Fsp3) is 0.400. The van der Waals surface area contributed by atoms with Crippen LogP contribution in [-0.4, -0.2) is 26.3 Å². The Bertz CT molecular complexity index is 639. The van der Waals surface area contributed by atoms with Crippen molar-refractivity contribution in [2.24, 2.45) is 11.7 Å². The van der Waals surface area contributed by atoms with Crippen molar-refractivity contribution in [1.29, 1.82) is 0 Å². The molecule has 0 radical (unpaired) electrons. The van der Waals surface area contributed by atoms with E-state index in [-0.39, 0.29) is 0 Å². The van der Waals surface area contributed by atoms with E-state index >= 15 is 0 Å². The summed E-state index contributed by atoms with van der Waals surface area (Å²) in [5, 5.41) is 4.20. The minimum absolute atomic E-state index is 0.323. The van der Waals surface area contributed by atoms with Crippen LogP contribution >= 0.6 is 0 Å². The summed E-state index contributed by atoms with van der Waals surface area (Å²) in [6.45, 7) is 5.76. The van der Waals surface area contributed by atoms with Gasteiger partial charge in [0.1, 0.15) is 18.7 Å². The van der Waals surface area contributed by atoms with Crippen LogP contribution in [0.3, 0.4) is 0 Å². The van der Waals surface area contributed by atoms with Gasteiger partial charge in [-0.3, -0.25) is 4.98 Å². The van der Waals surface area contributed by atoms with Crippen LogP contribution < -0.4 is 10.5 Å². The van der Waals surface area contributed by atoms with E-state index in [1.54, 1.807) is 18.7 Å². The molecule has 6 nitrogen and oxygen atoms in total. The summed E-state index contributed by atoms with van der Waals surface area (Å²) in [4.78, 5) is 8.32. The van der Waals surface area contributed by atoms with E-state index in [1.807, 2.05) is 10.7 Å². The molecule has 2 rings (SSSR count). The van der Waals surface area contributed by atoms with Gasteiger partial charge in [-0.2, -0.15) is 5.10 Å². The summed E-state index contributed by atoms with van der Waals surface area (Å²) >= 11 is 0. The molecule has 2 N–H and O–H groups in total. The van der Waals surface area contributed by atoms with Crippen molar-refractivity contribution < 1.29 is 4.74 Å². The van der Waals surface area contributed by atoms with Crippen molar-refractivity contribution in [3.63, 3.8) is 0 Å². The summed E-state index contributed by atoms with van der Waals surface area (Å²) in [6, 6.07) is 1.83. The largest absolute Gasteiger partial charge is 0.484 e. The molecule has 2 aromatic heterocycles. The molecular weight excluding hydrogens is 266 g/mol. The third-order valence-electron chi connectivity index (χ3n) is 2.65. The van der Waals surface area contributed by atoms with E-state index in [0.717, 1.165) is 17.9 Å². The van der Waals surface area contributed by atoms with Gasteiger partial charge in [-0.1, -0.05) is 25.7 Å². The standard InChI is InChI=1S/C15H19N5O/c1-12(2)9-20-15(18-11-19-20)10-21-14-6-13(4-3-5-16)7-17-8-14/h6-8,11-12H,5,9-10,16H2,1-2H3. The molecule has 6 heteroatoms. The van der Waals surface area contributed by atoms with Crippen LogP contribution in [0.2, 0.25) is 0 Å². The van der Waals surface area contributed by atoms with E-state index in [0.29, 0.717) is 24.8 Å². The van der Waals surface area contributed by atoms with Gasteiger partial charge < -0.3 is 10.5 Å². The Kier molecular flexibility index (Phi) is 5.29. The number of nitrogens with zero attached hydrogens (tertiary/aromatic N) is 4. The molecule has 0 saturated carbocycles. The summed E-state index contributed by atoms with van der Waals surface area (Å²) in [7, 11) is 0. The van der Waals surface area contributed by atoms with Gasteiger partial charge in [0.05, 0.1) is 12.7 Å². The van der Waals surface area contributed by atoms with Gasteiger partial charge in [0, 0.05) is 18.3 Å². The van der Waals surface area contributed by atoms with Crippen molar-refractivity contribution in [2.75, 3.05) is 6.54 Å². The van der Waals surface area contributed by atoms with Crippen LogP contribution in [0.25, 0.3) is 0 Å². The zero-order valence-electron chi connectivity index (χ0n) is 12.3. The van der Waals surface area contributed by atoms with Crippen molar-refractivity contribution >= 4 is 0 Å². The highest BCUT2D eigenvalue weighted by molar-refractivity contribution is 5.36. The molecule has 0 amide bonds. The monoisotopic (exact) mass is 285 g/mol. The smallest absolute Gasteiger partial charge is 0.164 e. The zero-order chi connectivity index (χ0) is 15.1. The molecule has 2 heterocycles. The molecule has 0 saturated heterocycles. The minimum atomic E-state index is 0.323. The van der Waals surface area contributed by atoms with Gasteiger partial charge in [0.15, 0.2) is 5.82 Å². The maximum Gasteiger partial charge on any atom is 0.164 e. The number of ether oxygens (including phenoxy) is 1. The lowest BCUT2D eigenvalue weighted by Gasteiger charge is -2.09. The Morgan fingerprint density at radius 2 is 2.24 bits per heavy atom. The van der Waals surface area contributed by atoms with Gasteiger partial charge in [-0.05, 0) is 12.0 Å². The summed E-state index contributed by atoms with van der Waals surface area (Å²) in [6.07, 6.45) is 4.87. The number of aromatic nitrogens is 4. The average Bonchev–Trinajstić information content (AvgIpc) is 2.90. The third kappa shape index (κ3) is 4.58. The first-order chi connectivity index (χ1) is 10.2. The van der Waals surface area contributed by atoms with Crippen molar-refractivity contribution in [2.45, 2.75) is 27.0 Å². The fourth-order valence-electron chi connectivity index (χ4n) is 1.77. The maximum atomic E-state index is 5.71. The summed E-state index contributed by atoms with van der Waals surface area (Å²) < 4.78 is 7.57. The number of nitrogens with two attached hydrogens (primary N) is 1. The highest BCUT2D eigenvalue weighted by atomic mass is 16.5. The normalized spacial score (nSPS) is 10.3. The quantitative estimate of drug-likeness (QED) is 0.836. The topological polar surface area (TPSA) is 78.8 Å². The van der Waals surface area contributed by atoms with Crippen LogP contribution in [0.5, 0.6) is 5.75 Å². The Morgan fingerprint density at radius 1 is 1.38 bits per heavy atom. The molecular formula is C15H19N5O. The summed E-state index contributed by atoms with van der Waals surface area (Å²) in [5.41, 5.74) is 6.13. The first-order valence-corrected chi connectivity index (χ1v) is 6.82. The van der Waals surface area contributed by atoms with Crippen molar-refractivity contribution in [3.8, 4) is 17.6 Å². The van der Waals surface area contributed by atoms with Gasteiger partial charge in [0.2, 0.25) is 0 Å². The van der Waals surface area contributed by atoms with Gasteiger partial charge in [0.25, 0.3) is 0 Å². The highest BCUT2D eigenvalue weighted by Crippen LogP contribution is 2.12. The predicted octanol–water partition coefficient (Wildman–Crippen LogP) is 1.22. The van der Waals surface area contributed by atoms with Crippen LogP contribution in [0.1, 0.15) is 25.2 Å². The first-order valence-electron chi connectivity index (χ1n) is 6.82. The van der Waals surface area contributed by atoms with E-state index in [1.165, 1.54) is 0 Å². The van der Waals surface area contributed by atoms with E-state index in [2.05, 4.69) is 40.8 Å². The molecule has 0 aliphatic rings. The number of hydrogen-bond donors (Lipinski definition) is 1. The molecule has 110 valence electrons. The number of hydrogen-bond acceptors (Lipinski definition) is 5. The highest BCUT2D eigenvalue weighted by Gasteiger charge is 2.07. The lowest BCUT2D eigenvalue weighted by molar-refractivity contribution is 0.281. The van der Waals surface area contributed by atoms with E-state index in [9.17, 15) is 0 Å². The van der Waals surface area contributed by atoms with Gasteiger partial charge >= 0.3 is 0 Å². The first kappa shape index (κ1) is 15.0. The fourth-order valence-corrected chi connectivity index (χ4v) is 1.77. The van der Waals surface area contributed by atoms with Gasteiger partial charge in [-0.25, -0.2) is 9.67 Å². The van der Waals surface area contributed by atoms with Crippen LogP contribution in [0.4, 0.5) is 0 Å². The summed E-state index contributed by atoms with van der Waals surface area (Å²) in [5.74, 6) is 7.66. The van der Waals surface area contributed by atoms with Crippen LogP contribution in [-0.2, 0) is 13.2 Å². The van der Waals surface area contributed by atoms with Gasteiger partial charge in [-0.15, -0.1) is 0 Å². The molecule has 0 aromatic carbocycles. The lowest BCUT2D eigenvalue weighted by Crippen LogP contribution is -2.12. The molecule has 2 aromatic rings. The molecule has 0 unspecified atom stereocenters. The second-order valence-corrected chi connectivity index (χ2v) is 4.96. The maximum absolute atomic E-state index is 5.71. The van der Waals surface area contributed by atoms with Crippen molar-refractivity contribution in [1.82, 2.24) is 19.7 Å². The molecule has 0 atom stereocenters. The molecule has 21 heavy (non-hydrogen) atoms. The molecule has 0 bridgehead atoms. The second kappa shape index (κ2) is 7.41. The van der Waals surface area contributed by atoms with Crippen LogP contribution in [0, 0.1) is 17.8 Å². The molecule has 0 aliphatic carbocycles. The van der Waals surface area contributed by atoms with E-state index in [4.69, 9.17) is 10.5 Å². The Hall–Kier alpha value is -2.39. The Labute approximate surface area is 124 Å². The lowest BCUT2D eigenvalue weighted by atomic mass is 10.2. The molecule has 0 spiro atoms.